The highest BCUT2D eigenvalue weighted by Crippen LogP contribution is 2.04. The predicted molar refractivity (Wildman–Crippen MR) is 39.9 cm³/mol. The van der Waals surface area contributed by atoms with Gasteiger partial charge in [0.05, 0.1) is 19.5 Å². The Morgan fingerprint density at radius 2 is 2.36 bits per heavy atom. The van der Waals surface area contributed by atoms with Gasteiger partial charge in [0.1, 0.15) is 5.60 Å². The van der Waals surface area contributed by atoms with Crippen molar-refractivity contribution in [1.29, 1.82) is 0 Å². The van der Waals surface area contributed by atoms with E-state index in [0.717, 1.165) is 0 Å². The number of hydrogen-bond acceptors (Lipinski definition) is 3. The number of rotatable bonds is 3. The molecule has 1 unspecified atom stereocenters. The first kappa shape index (κ1) is 8.23. The minimum Gasteiger partial charge on any atom is -0.393 e. The normalized spacial score (nSPS) is 16.3. The third-order valence-corrected chi connectivity index (χ3v) is 1.42. The zero-order valence-electron chi connectivity index (χ0n) is 6.44. The molecule has 0 aliphatic heterocycles. The van der Waals surface area contributed by atoms with Gasteiger partial charge in [-0.05, 0) is 6.92 Å². The molecule has 1 aromatic heterocycles. The smallest absolute Gasteiger partial charge is 0.103 e. The van der Waals surface area contributed by atoms with E-state index in [2.05, 4.69) is 4.98 Å². The van der Waals surface area contributed by atoms with Crippen molar-refractivity contribution in [2.45, 2.75) is 19.1 Å². The van der Waals surface area contributed by atoms with E-state index in [4.69, 9.17) is 5.11 Å². The highest BCUT2D eigenvalue weighted by molar-refractivity contribution is 4.80. The zero-order valence-corrected chi connectivity index (χ0v) is 6.44. The first-order valence-corrected chi connectivity index (χ1v) is 3.43. The molecule has 0 aromatic carbocycles. The van der Waals surface area contributed by atoms with Gasteiger partial charge in [-0.25, -0.2) is 4.98 Å². The molecule has 0 aliphatic rings. The minimum atomic E-state index is -1.05. The number of imidazole rings is 1. The average molecular weight is 156 g/mol. The average Bonchev–Trinajstić information content (AvgIpc) is 2.39. The molecule has 2 N–H and O–H groups in total. The number of aliphatic hydroxyl groups excluding tert-OH is 1. The fourth-order valence-electron chi connectivity index (χ4n) is 0.824. The Balaban J connectivity index is 2.56. The molecule has 0 radical (unpaired) electrons. The summed E-state index contributed by atoms with van der Waals surface area (Å²) < 4.78 is 1.72. The molecule has 1 atom stereocenters. The molecule has 62 valence electrons. The van der Waals surface area contributed by atoms with E-state index in [1.54, 1.807) is 30.2 Å². The molecule has 0 bridgehead atoms. The van der Waals surface area contributed by atoms with Crippen molar-refractivity contribution in [3.8, 4) is 0 Å². The zero-order chi connectivity index (χ0) is 8.32. The van der Waals surface area contributed by atoms with Crippen LogP contribution in [0.3, 0.4) is 0 Å². The van der Waals surface area contributed by atoms with Crippen molar-refractivity contribution >= 4 is 0 Å². The summed E-state index contributed by atoms with van der Waals surface area (Å²) in [5.41, 5.74) is -1.05. The summed E-state index contributed by atoms with van der Waals surface area (Å²) >= 11 is 0. The number of nitrogens with zero attached hydrogens (tertiary/aromatic N) is 2. The van der Waals surface area contributed by atoms with Gasteiger partial charge < -0.3 is 14.8 Å². The molecule has 4 nitrogen and oxygen atoms in total. The van der Waals surface area contributed by atoms with Crippen molar-refractivity contribution in [1.82, 2.24) is 9.55 Å². The monoisotopic (exact) mass is 156 g/mol. The molecule has 11 heavy (non-hydrogen) atoms. The second-order valence-corrected chi connectivity index (χ2v) is 2.89. The second-order valence-electron chi connectivity index (χ2n) is 2.89. The van der Waals surface area contributed by atoms with Crippen molar-refractivity contribution in [2.75, 3.05) is 6.61 Å². The van der Waals surface area contributed by atoms with Crippen LogP contribution in [-0.4, -0.2) is 32.0 Å². The van der Waals surface area contributed by atoms with Crippen LogP contribution >= 0.6 is 0 Å². The summed E-state index contributed by atoms with van der Waals surface area (Å²) in [6, 6.07) is 0. The molecule has 1 aromatic rings. The molecule has 4 heteroatoms. The molecule has 0 fully saturated rings. The summed E-state index contributed by atoms with van der Waals surface area (Å²) in [6.07, 6.45) is 4.97. The molecule has 0 amide bonds. The van der Waals surface area contributed by atoms with Crippen LogP contribution < -0.4 is 0 Å². The largest absolute Gasteiger partial charge is 0.393 e. The molecule has 1 rings (SSSR count). The van der Waals surface area contributed by atoms with E-state index in [1.807, 2.05) is 0 Å². The van der Waals surface area contributed by atoms with Crippen LogP contribution in [0, 0.1) is 0 Å². The van der Waals surface area contributed by atoms with Gasteiger partial charge in [0.25, 0.3) is 0 Å². The summed E-state index contributed by atoms with van der Waals surface area (Å²) in [5, 5.41) is 18.1. The summed E-state index contributed by atoms with van der Waals surface area (Å²) in [4.78, 5) is 3.81. The van der Waals surface area contributed by atoms with Crippen molar-refractivity contribution < 1.29 is 10.2 Å². The van der Waals surface area contributed by atoms with Crippen LogP contribution in [0.4, 0.5) is 0 Å². The number of hydrogen-bond donors (Lipinski definition) is 2. The maximum Gasteiger partial charge on any atom is 0.103 e. The second kappa shape index (κ2) is 3.02. The molecular weight excluding hydrogens is 144 g/mol. The van der Waals surface area contributed by atoms with E-state index >= 15 is 0 Å². The van der Waals surface area contributed by atoms with E-state index in [-0.39, 0.29) is 6.61 Å². The summed E-state index contributed by atoms with van der Waals surface area (Å²) in [6.45, 7) is 1.70. The van der Waals surface area contributed by atoms with E-state index in [9.17, 15) is 5.11 Å². The van der Waals surface area contributed by atoms with Crippen LogP contribution in [0.15, 0.2) is 18.7 Å². The third-order valence-electron chi connectivity index (χ3n) is 1.42. The molecule has 0 saturated heterocycles. The van der Waals surface area contributed by atoms with Crippen molar-refractivity contribution in [3.05, 3.63) is 18.7 Å². The SMILES string of the molecule is CC(O)(CO)Cn1ccnc1. The Morgan fingerprint density at radius 1 is 1.64 bits per heavy atom. The summed E-state index contributed by atoms with van der Waals surface area (Å²) in [7, 11) is 0. The molecule has 0 spiro atoms. The van der Waals surface area contributed by atoms with Crippen molar-refractivity contribution in [2.24, 2.45) is 0 Å². The topological polar surface area (TPSA) is 58.3 Å². The maximum absolute atomic E-state index is 9.40. The number of aliphatic hydroxyl groups is 2. The van der Waals surface area contributed by atoms with Crippen molar-refractivity contribution in [3.63, 3.8) is 0 Å². The lowest BCUT2D eigenvalue weighted by atomic mass is 10.1. The van der Waals surface area contributed by atoms with Gasteiger partial charge in [-0.15, -0.1) is 0 Å². The van der Waals surface area contributed by atoms with Crippen LogP contribution in [0.2, 0.25) is 0 Å². The first-order valence-electron chi connectivity index (χ1n) is 3.43. The third kappa shape index (κ3) is 2.32. The fourth-order valence-corrected chi connectivity index (χ4v) is 0.824. The van der Waals surface area contributed by atoms with Crippen LogP contribution in [0.1, 0.15) is 6.92 Å². The highest BCUT2D eigenvalue weighted by Gasteiger charge is 2.18. The number of aromatic nitrogens is 2. The van der Waals surface area contributed by atoms with Gasteiger partial charge in [0.2, 0.25) is 0 Å². The lowest BCUT2D eigenvalue weighted by molar-refractivity contribution is -0.0120. The first-order chi connectivity index (χ1) is 5.14. The Bertz CT molecular complexity index is 206. The molecular formula is C7H12N2O2. The van der Waals surface area contributed by atoms with Crippen LogP contribution in [-0.2, 0) is 6.54 Å². The quantitative estimate of drug-likeness (QED) is 0.627. The Hall–Kier alpha value is -0.870. The lowest BCUT2D eigenvalue weighted by Gasteiger charge is -2.20. The highest BCUT2D eigenvalue weighted by atomic mass is 16.3. The van der Waals surface area contributed by atoms with Crippen LogP contribution in [0.25, 0.3) is 0 Å². The van der Waals surface area contributed by atoms with Gasteiger partial charge in [-0.2, -0.15) is 0 Å². The molecule has 0 aliphatic carbocycles. The van der Waals surface area contributed by atoms with Gasteiger partial charge in [0.15, 0.2) is 0 Å². The van der Waals surface area contributed by atoms with Gasteiger partial charge >= 0.3 is 0 Å². The fraction of sp³-hybridized carbons (Fsp3) is 0.571. The van der Waals surface area contributed by atoms with Gasteiger partial charge in [-0.1, -0.05) is 0 Å². The maximum atomic E-state index is 9.40. The molecule has 0 saturated carbocycles. The predicted octanol–water partition coefficient (Wildman–Crippen LogP) is -0.374. The Labute approximate surface area is 65.1 Å². The molecule has 1 heterocycles. The minimum absolute atomic E-state index is 0.245. The van der Waals surface area contributed by atoms with E-state index in [0.29, 0.717) is 6.54 Å². The Kier molecular flexibility index (Phi) is 2.26. The standard InChI is InChI=1S/C7H12N2O2/c1-7(11,5-10)4-9-3-2-8-6-9/h2-3,6,10-11H,4-5H2,1H3. The lowest BCUT2D eigenvalue weighted by Crippen LogP contribution is -2.34. The van der Waals surface area contributed by atoms with E-state index in [1.165, 1.54) is 0 Å². The van der Waals surface area contributed by atoms with Gasteiger partial charge in [-0.3, -0.25) is 0 Å². The van der Waals surface area contributed by atoms with E-state index < -0.39 is 5.60 Å². The van der Waals surface area contributed by atoms with Crippen LogP contribution in [0.5, 0.6) is 0 Å². The summed E-state index contributed by atoms with van der Waals surface area (Å²) in [5.74, 6) is 0. The Morgan fingerprint density at radius 3 is 2.82 bits per heavy atom. The van der Waals surface area contributed by atoms with Gasteiger partial charge in [0, 0.05) is 12.4 Å².